The molecule has 1 N–H and O–H groups in total. The van der Waals surface area contributed by atoms with Gasteiger partial charge in [-0.15, -0.1) is 11.3 Å². The first kappa shape index (κ1) is 13.6. The molecule has 0 bridgehead atoms. The summed E-state index contributed by atoms with van der Waals surface area (Å²) >= 11 is 7.98. The Morgan fingerprint density at radius 2 is 2.00 bits per heavy atom. The standard InChI is InChI=1S/C15H18ClNS/c1-2-9-17-14(15-13(16)8-10-18-15)11-12-6-4-3-5-7-12/h3-8,10,14,17H,2,9,11H2,1H3. The number of hydrogen-bond acceptors (Lipinski definition) is 2. The molecule has 1 nitrogen and oxygen atoms in total. The average Bonchev–Trinajstić information content (AvgIpc) is 2.82. The first-order valence-corrected chi connectivity index (χ1v) is 7.57. The molecule has 96 valence electrons. The second-order valence-electron chi connectivity index (χ2n) is 4.33. The molecular weight excluding hydrogens is 262 g/mol. The van der Waals surface area contributed by atoms with E-state index in [1.807, 2.05) is 6.07 Å². The maximum atomic E-state index is 6.25. The highest BCUT2D eigenvalue weighted by Crippen LogP contribution is 2.30. The van der Waals surface area contributed by atoms with Crippen molar-refractivity contribution in [3.05, 3.63) is 57.2 Å². The summed E-state index contributed by atoms with van der Waals surface area (Å²) in [6.45, 7) is 3.20. The number of thiophene rings is 1. The lowest BCUT2D eigenvalue weighted by molar-refractivity contribution is 0.537. The van der Waals surface area contributed by atoms with Gasteiger partial charge in [-0.25, -0.2) is 0 Å². The van der Waals surface area contributed by atoms with Gasteiger partial charge in [-0.2, -0.15) is 0 Å². The van der Waals surface area contributed by atoms with Crippen molar-refractivity contribution in [1.82, 2.24) is 5.32 Å². The van der Waals surface area contributed by atoms with Gasteiger partial charge in [0.25, 0.3) is 0 Å². The van der Waals surface area contributed by atoms with E-state index in [0.717, 1.165) is 24.4 Å². The van der Waals surface area contributed by atoms with E-state index in [1.165, 1.54) is 10.4 Å². The third-order valence-corrected chi connectivity index (χ3v) is 4.36. The fraction of sp³-hybridized carbons (Fsp3) is 0.333. The molecule has 0 aliphatic heterocycles. The molecule has 0 spiro atoms. The maximum Gasteiger partial charge on any atom is 0.0561 e. The fourth-order valence-corrected chi connectivity index (χ4v) is 3.25. The molecule has 0 aliphatic carbocycles. The van der Waals surface area contributed by atoms with Gasteiger partial charge in [0.05, 0.1) is 5.02 Å². The molecule has 0 saturated carbocycles. The van der Waals surface area contributed by atoms with E-state index in [-0.39, 0.29) is 0 Å². The van der Waals surface area contributed by atoms with Crippen LogP contribution in [0, 0.1) is 0 Å². The zero-order valence-electron chi connectivity index (χ0n) is 10.5. The van der Waals surface area contributed by atoms with Crippen LogP contribution >= 0.6 is 22.9 Å². The smallest absolute Gasteiger partial charge is 0.0561 e. The Morgan fingerprint density at radius 3 is 2.61 bits per heavy atom. The number of halogens is 1. The van der Waals surface area contributed by atoms with E-state index in [4.69, 9.17) is 11.6 Å². The Hall–Kier alpha value is -0.830. The van der Waals surface area contributed by atoms with Crippen LogP contribution in [0.25, 0.3) is 0 Å². The Balaban J connectivity index is 2.13. The third kappa shape index (κ3) is 3.58. The van der Waals surface area contributed by atoms with Gasteiger partial charge in [0.15, 0.2) is 0 Å². The number of hydrogen-bond donors (Lipinski definition) is 1. The lowest BCUT2D eigenvalue weighted by Gasteiger charge is -2.18. The van der Waals surface area contributed by atoms with E-state index in [9.17, 15) is 0 Å². The lowest BCUT2D eigenvalue weighted by atomic mass is 10.0. The van der Waals surface area contributed by atoms with Gasteiger partial charge in [-0.05, 0) is 36.4 Å². The van der Waals surface area contributed by atoms with Crippen molar-refractivity contribution in [3.63, 3.8) is 0 Å². The highest BCUT2D eigenvalue weighted by Gasteiger charge is 2.15. The molecule has 0 saturated heterocycles. The van der Waals surface area contributed by atoms with Crippen molar-refractivity contribution in [2.45, 2.75) is 25.8 Å². The van der Waals surface area contributed by atoms with Crippen LogP contribution < -0.4 is 5.32 Å². The van der Waals surface area contributed by atoms with Crippen LogP contribution in [0.3, 0.4) is 0 Å². The fourth-order valence-electron chi connectivity index (χ4n) is 1.98. The topological polar surface area (TPSA) is 12.0 Å². The summed E-state index contributed by atoms with van der Waals surface area (Å²) in [6.07, 6.45) is 2.12. The summed E-state index contributed by atoms with van der Waals surface area (Å²) < 4.78 is 0. The largest absolute Gasteiger partial charge is 0.309 e. The normalized spacial score (nSPS) is 12.6. The monoisotopic (exact) mass is 279 g/mol. The van der Waals surface area contributed by atoms with E-state index in [1.54, 1.807) is 11.3 Å². The van der Waals surface area contributed by atoms with Crippen molar-refractivity contribution in [2.24, 2.45) is 0 Å². The maximum absolute atomic E-state index is 6.25. The average molecular weight is 280 g/mol. The van der Waals surface area contributed by atoms with Gasteiger partial charge in [-0.1, -0.05) is 48.9 Å². The van der Waals surface area contributed by atoms with Gasteiger partial charge < -0.3 is 5.32 Å². The van der Waals surface area contributed by atoms with Crippen molar-refractivity contribution < 1.29 is 0 Å². The molecule has 2 aromatic rings. The lowest BCUT2D eigenvalue weighted by Crippen LogP contribution is -2.23. The van der Waals surface area contributed by atoms with Crippen LogP contribution in [0.1, 0.15) is 29.8 Å². The summed E-state index contributed by atoms with van der Waals surface area (Å²) in [5.74, 6) is 0. The van der Waals surface area contributed by atoms with Crippen LogP contribution in [-0.2, 0) is 6.42 Å². The first-order chi connectivity index (χ1) is 8.81. The molecule has 18 heavy (non-hydrogen) atoms. The zero-order valence-corrected chi connectivity index (χ0v) is 12.1. The number of rotatable bonds is 6. The first-order valence-electron chi connectivity index (χ1n) is 6.31. The van der Waals surface area contributed by atoms with Gasteiger partial charge in [-0.3, -0.25) is 0 Å². The molecular formula is C15H18ClNS. The molecule has 2 rings (SSSR count). The molecule has 1 aromatic heterocycles. The minimum Gasteiger partial charge on any atom is -0.309 e. The van der Waals surface area contributed by atoms with Gasteiger partial charge >= 0.3 is 0 Å². The summed E-state index contributed by atoms with van der Waals surface area (Å²) in [5.41, 5.74) is 1.34. The summed E-state index contributed by atoms with van der Waals surface area (Å²) in [6, 6.07) is 12.9. The van der Waals surface area contributed by atoms with Crippen molar-refractivity contribution in [3.8, 4) is 0 Å². The molecule has 1 heterocycles. The molecule has 0 amide bonds. The molecule has 3 heteroatoms. The SMILES string of the molecule is CCCNC(Cc1ccccc1)c1sccc1Cl. The van der Waals surface area contributed by atoms with E-state index in [2.05, 4.69) is 48.0 Å². The Labute approximate surface area is 118 Å². The Kier molecular flexibility index (Phi) is 5.24. The molecule has 0 aliphatic rings. The summed E-state index contributed by atoms with van der Waals surface area (Å²) in [4.78, 5) is 1.24. The second kappa shape index (κ2) is 6.93. The van der Waals surface area contributed by atoms with Crippen LogP contribution in [-0.4, -0.2) is 6.54 Å². The number of benzene rings is 1. The molecule has 1 atom stereocenters. The Morgan fingerprint density at radius 1 is 1.22 bits per heavy atom. The van der Waals surface area contributed by atoms with Gasteiger partial charge in [0.1, 0.15) is 0 Å². The second-order valence-corrected chi connectivity index (χ2v) is 5.68. The predicted molar refractivity (Wildman–Crippen MR) is 80.5 cm³/mol. The molecule has 0 radical (unpaired) electrons. The third-order valence-electron chi connectivity index (χ3n) is 2.88. The predicted octanol–water partition coefficient (Wildman–Crippen LogP) is 4.68. The minimum atomic E-state index is 0.319. The zero-order chi connectivity index (χ0) is 12.8. The van der Waals surface area contributed by atoms with Gasteiger partial charge in [0.2, 0.25) is 0 Å². The van der Waals surface area contributed by atoms with E-state index < -0.39 is 0 Å². The van der Waals surface area contributed by atoms with Crippen molar-refractivity contribution >= 4 is 22.9 Å². The van der Waals surface area contributed by atoms with Gasteiger partial charge in [0, 0.05) is 10.9 Å². The van der Waals surface area contributed by atoms with Crippen LogP contribution in [0.4, 0.5) is 0 Å². The summed E-state index contributed by atoms with van der Waals surface area (Å²) in [5, 5.41) is 6.53. The van der Waals surface area contributed by atoms with E-state index in [0.29, 0.717) is 6.04 Å². The quantitative estimate of drug-likeness (QED) is 0.809. The van der Waals surface area contributed by atoms with Crippen LogP contribution in [0.15, 0.2) is 41.8 Å². The highest BCUT2D eigenvalue weighted by molar-refractivity contribution is 7.10. The minimum absolute atomic E-state index is 0.319. The molecule has 0 fully saturated rings. The van der Waals surface area contributed by atoms with Crippen LogP contribution in [0.5, 0.6) is 0 Å². The highest BCUT2D eigenvalue weighted by atomic mass is 35.5. The molecule has 1 unspecified atom stereocenters. The van der Waals surface area contributed by atoms with Crippen molar-refractivity contribution in [2.75, 3.05) is 6.54 Å². The summed E-state index contributed by atoms with van der Waals surface area (Å²) in [7, 11) is 0. The van der Waals surface area contributed by atoms with Crippen LogP contribution in [0.2, 0.25) is 5.02 Å². The number of nitrogens with one attached hydrogen (secondary N) is 1. The molecule has 1 aromatic carbocycles. The Bertz CT molecular complexity index is 466. The van der Waals surface area contributed by atoms with E-state index >= 15 is 0 Å². The van der Waals surface area contributed by atoms with Crippen molar-refractivity contribution in [1.29, 1.82) is 0 Å².